The van der Waals surface area contributed by atoms with Gasteiger partial charge in [-0.2, -0.15) is 0 Å². The Bertz CT molecular complexity index is 431. The number of hydrogen-bond donors (Lipinski definition) is 2. The van der Waals surface area contributed by atoms with E-state index in [9.17, 15) is 0 Å². The summed E-state index contributed by atoms with van der Waals surface area (Å²) in [7, 11) is 0. The molecule has 1 aromatic rings. The number of ether oxygens (including phenoxy) is 1. The van der Waals surface area contributed by atoms with Gasteiger partial charge in [-0.1, -0.05) is 0 Å². The highest BCUT2D eigenvalue weighted by Crippen LogP contribution is 1.99. The van der Waals surface area contributed by atoms with Crippen molar-refractivity contribution in [1.29, 1.82) is 0 Å². The molecular formula is C16H29IN4O2. The van der Waals surface area contributed by atoms with Crippen LogP contribution in [0.15, 0.2) is 27.8 Å². The third-order valence-corrected chi connectivity index (χ3v) is 3.46. The fraction of sp³-hybridized carbons (Fsp3) is 0.688. The lowest BCUT2D eigenvalue weighted by Gasteiger charge is -2.26. The molecule has 0 saturated carbocycles. The zero-order valence-corrected chi connectivity index (χ0v) is 16.4. The number of guanidine groups is 1. The van der Waals surface area contributed by atoms with Crippen LogP contribution in [0.2, 0.25) is 0 Å². The second-order valence-corrected chi connectivity index (χ2v) is 5.74. The minimum absolute atomic E-state index is 0. The van der Waals surface area contributed by atoms with Crippen LogP contribution in [-0.2, 0) is 11.2 Å². The average molecular weight is 436 g/mol. The molecule has 0 bridgehead atoms. The van der Waals surface area contributed by atoms with E-state index in [2.05, 4.69) is 34.4 Å². The first kappa shape index (κ1) is 20.2. The van der Waals surface area contributed by atoms with Crippen molar-refractivity contribution < 1.29 is 9.15 Å². The van der Waals surface area contributed by atoms with Crippen molar-refractivity contribution in [2.75, 3.05) is 45.9 Å². The molecule has 132 valence electrons. The average Bonchev–Trinajstić information content (AvgIpc) is 3.01. The minimum Gasteiger partial charge on any atom is -0.469 e. The molecule has 6 nitrogen and oxygen atoms in total. The Morgan fingerprint density at radius 2 is 2.13 bits per heavy atom. The van der Waals surface area contributed by atoms with Crippen LogP contribution in [-0.4, -0.2) is 62.8 Å². The summed E-state index contributed by atoms with van der Waals surface area (Å²) < 4.78 is 10.7. The summed E-state index contributed by atoms with van der Waals surface area (Å²) in [5.74, 6) is 1.86. The summed E-state index contributed by atoms with van der Waals surface area (Å²) in [6.45, 7) is 10.5. The molecule has 1 aliphatic rings. The monoisotopic (exact) mass is 436 g/mol. The van der Waals surface area contributed by atoms with Gasteiger partial charge >= 0.3 is 0 Å². The Morgan fingerprint density at radius 3 is 2.78 bits per heavy atom. The van der Waals surface area contributed by atoms with Gasteiger partial charge in [-0.05, 0) is 26.0 Å². The number of halogens is 1. The maximum absolute atomic E-state index is 5.36. The van der Waals surface area contributed by atoms with Gasteiger partial charge in [-0.3, -0.25) is 9.89 Å². The number of rotatable bonds is 7. The Labute approximate surface area is 156 Å². The SMILES string of the molecule is CC(C)NC(=NCCN1CCOCC1)NCCc1ccco1.I. The Kier molecular flexibility index (Phi) is 10.3. The predicted molar refractivity (Wildman–Crippen MR) is 104 cm³/mol. The van der Waals surface area contributed by atoms with Gasteiger partial charge in [0.25, 0.3) is 0 Å². The van der Waals surface area contributed by atoms with Crippen molar-refractivity contribution in [3.8, 4) is 0 Å². The van der Waals surface area contributed by atoms with Crippen LogP contribution >= 0.6 is 24.0 Å². The molecular weight excluding hydrogens is 407 g/mol. The Morgan fingerprint density at radius 1 is 1.35 bits per heavy atom. The maximum atomic E-state index is 5.36. The molecule has 2 heterocycles. The minimum atomic E-state index is 0. The smallest absolute Gasteiger partial charge is 0.191 e. The van der Waals surface area contributed by atoms with Gasteiger partial charge in [0.2, 0.25) is 0 Å². The number of nitrogens with one attached hydrogen (secondary N) is 2. The van der Waals surface area contributed by atoms with E-state index in [4.69, 9.17) is 9.15 Å². The summed E-state index contributed by atoms with van der Waals surface area (Å²) in [5.41, 5.74) is 0. The normalized spacial score (nSPS) is 16.2. The van der Waals surface area contributed by atoms with E-state index >= 15 is 0 Å². The maximum Gasteiger partial charge on any atom is 0.191 e. The first-order valence-electron chi connectivity index (χ1n) is 8.11. The number of aliphatic imine (C=N–C) groups is 1. The molecule has 2 N–H and O–H groups in total. The third kappa shape index (κ3) is 8.57. The quantitative estimate of drug-likeness (QED) is 0.387. The molecule has 0 spiro atoms. The fourth-order valence-electron chi connectivity index (χ4n) is 2.31. The molecule has 0 aromatic carbocycles. The van der Waals surface area contributed by atoms with E-state index in [1.165, 1.54) is 0 Å². The van der Waals surface area contributed by atoms with Gasteiger partial charge in [0.1, 0.15) is 5.76 Å². The zero-order valence-electron chi connectivity index (χ0n) is 14.1. The molecule has 0 amide bonds. The van der Waals surface area contributed by atoms with E-state index in [0.29, 0.717) is 6.04 Å². The van der Waals surface area contributed by atoms with Crippen molar-refractivity contribution >= 4 is 29.9 Å². The van der Waals surface area contributed by atoms with Gasteiger partial charge in [0, 0.05) is 38.6 Å². The van der Waals surface area contributed by atoms with E-state index in [0.717, 1.165) is 64.1 Å². The number of nitrogens with zero attached hydrogens (tertiary/aromatic N) is 2. The lowest BCUT2D eigenvalue weighted by atomic mass is 10.3. The number of morpholine rings is 1. The van der Waals surface area contributed by atoms with Crippen LogP contribution in [0.3, 0.4) is 0 Å². The van der Waals surface area contributed by atoms with Gasteiger partial charge in [0.05, 0.1) is 26.0 Å². The molecule has 23 heavy (non-hydrogen) atoms. The highest BCUT2D eigenvalue weighted by atomic mass is 127. The molecule has 0 radical (unpaired) electrons. The molecule has 1 aliphatic heterocycles. The lowest BCUT2D eigenvalue weighted by molar-refractivity contribution is 0.0394. The van der Waals surface area contributed by atoms with Crippen molar-refractivity contribution in [2.24, 2.45) is 4.99 Å². The molecule has 7 heteroatoms. The first-order chi connectivity index (χ1) is 10.7. The number of furan rings is 1. The second-order valence-electron chi connectivity index (χ2n) is 5.74. The van der Waals surface area contributed by atoms with Crippen LogP contribution in [0.4, 0.5) is 0 Å². The van der Waals surface area contributed by atoms with Crippen LogP contribution in [0.1, 0.15) is 19.6 Å². The van der Waals surface area contributed by atoms with Crippen molar-refractivity contribution in [2.45, 2.75) is 26.3 Å². The molecule has 0 atom stereocenters. The summed E-state index contributed by atoms with van der Waals surface area (Å²) in [5, 5.41) is 6.73. The van der Waals surface area contributed by atoms with E-state index in [1.54, 1.807) is 6.26 Å². The standard InChI is InChI=1S/C16H28N4O2.HI/c1-14(2)19-16(17-6-5-15-4-3-11-22-15)18-7-8-20-9-12-21-13-10-20;/h3-4,11,14H,5-10,12-13H2,1-2H3,(H2,17,18,19);1H. The number of hydrogen-bond acceptors (Lipinski definition) is 4. The highest BCUT2D eigenvalue weighted by Gasteiger charge is 2.09. The molecule has 0 aliphatic carbocycles. The summed E-state index contributed by atoms with van der Waals surface area (Å²) in [6.07, 6.45) is 2.56. The van der Waals surface area contributed by atoms with Crippen molar-refractivity contribution in [3.63, 3.8) is 0 Å². The Balaban J connectivity index is 0.00000264. The topological polar surface area (TPSA) is 62.0 Å². The fourth-order valence-corrected chi connectivity index (χ4v) is 2.31. The predicted octanol–water partition coefficient (Wildman–Crippen LogP) is 1.72. The van der Waals surface area contributed by atoms with Gasteiger partial charge in [-0.25, -0.2) is 0 Å². The Hall–Kier alpha value is -0.800. The van der Waals surface area contributed by atoms with Crippen molar-refractivity contribution in [1.82, 2.24) is 15.5 Å². The van der Waals surface area contributed by atoms with Gasteiger partial charge in [0.15, 0.2) is 5.96 Å². The second kappa shape index (κ2) is 11.7. The summed E-state index contributed by atoms with van der Waals surface area (Å²) in [6, 6.07) is 4.27. The van der Waals surface area contributed by atoms with Crippen LogP contribution < -0.4 is 10.6 Å². The summed E-state index contributed by atoms with van der Waals surface area (Å²) >= 11 is 0. The largest absolute Gasteiger partial charge is 0.469 e. The molecule has 1 aromatic heterocycles. The van der Waals surface area contributed by atoms with Crippen LogP contribution in [0.25, 0.3) is 0 Å². The van der Waals surface area contributed by atoms with Gasteiger partial charge in [-0.15, -0.1) is 24.0 Å². The zero-order chi connectivity index (χ0) is 15.6. The third-order valence-electron chi connectivity index (χ3n) is 3.46. The van der Waals surface area contributed by atoms with Crippen LogP contribution in [0.5, 0.6) is 0 Å². The molecule has 0 unspecified atom stereocenters. The lowest BCUT2D eigenvalue weighted by Crippen LogP contribution is -2.43. The van der Waals surface area contributed by atoms with E-state index in [-0.39, 0.29) is 24.0 Å². The first-order valence-corrected chi connectivity index (χ1v) is 8.11. The van der Waals surface area contributed by atoms with Gasteiger partial charge < -0.3 is 19.8 Å². The molecule has 1 fully saturated rings. The highest BCUT2D eigenvalue weighted by molar-refractivity contribution is 14.0. The molecule has 1 saturated heterocycles. The van der Waals surface area contributed by atoms with E-state index < -0.39 is 0 Å². The van der Waals surface area contributed by atoms with E-state index in [1.807, 2.05) is 12.1 Å². The summed E-state index contributed by atoms with van der Waals surface area (Å²) in [4.78, 5) is 7.05. The van der Waals surface area contributed by atoms with Crippen LogP contribution in [0, 0.1) is 0 Å². The molecule has 2 rings (SSSR count). The van der Waals surface area contributed by atoms with Crippen molar-refractivity contribution in [3.05, 3.63) is 24.2 Å².